The van der Waals surface area contributed by atoms with Crippen molar-refractivity contribution in [3.05, 3.63) is 35.9 Å². The highest BCUT2D eigenvalue weighted by molar-refractivity contribution is 6.33. The number of benzene rings is 1. The molecule has 0 amide bonds. The Kier molecular flexibility index (Phi) is 9.36. The van der Waals surface area contributed by atoms with Crippen LogP contribution in [0.1, 0.15) is 32.1 Å². The van der Waals surface area contributed by atoms with Gasteiger partial charge < -0.3 is 29.7 Å². The second kappa shape index (κ2) is 12.9. The molecule has 1 aliphatic carbocycles. The highest BCUT2D eigenvalue weighted by Crippen LogP contribution is 2.47. The number of rotatable bonds is 8. The Morgan fingerprint density at radius 3 is 2.86 bits per heavy atom. The summed E-state index contributed by atoms with van der Waals surface area (Å²) in [6.07, 6.45) is 6.29. The van der Waals surface area contributed by atoms with Crippen molar-refractivity contribution in [2.24, 2.45) is 5.92 Å². The van der Waals surface area contributed by atoms with Gasteiger partial charge in [0, 0.05) is 63.7 Å². The Hall–Kier alpha value is -1.47. The minimum atomic E-state index is -0.634. The van der Waals surface area contributed by atoms with Crippen molar-refractivity contribution < 1.29 is 14.6 Å². The van der Waals surface area contributed by atoms with Gasteiger partial charge in [-0.25, -0.2) is 0 Å². The van der Waals surface area contributed by atoms with Crippen LogP contribution < -0.4 is 25.6 Å². The Morgan fingerprint density at radius 1 is 1.24 bits per heavy atom. The van der Waals surface area contributed by atoms with Crippen molar-refractivity contribution in [1.29, 1.82) is 0 Å². The van der Waals surface area contributed by atoms with E-state index in [-0.39, 0.29) is 30.2 Å². The largest absolute Gasteiger partial charge is 0.483 e. The molecule has 4 N–H and O–H groups in total. The van der Waals surface area contributed by atoms with Gasteiger partial charge in [-0.15, -0.1) is 0 Å². The van der Waals surface area contributed by atoms with Crippen LogP contribution >= 0.6 is 11.6 Å². The van der Waals surface area contributed by atoms with Gasteiger partial charge in [0.1, 0.15) is 17.6 Å². The maximum atomic E-state index is 10.6. The third-order valence-corrected chi connectivity index (χ3v) is 10.7. The Balaban J connectivity index is 1.22. The maximum Gasteiger partial charge on any atom is 0.164 e. The number of hydrogen-bond acceptors (Lipinski definition) is 10. The van der Waals surface area contributed by atoms with Crippen LogP contribution in [0.2, 0.25) is 5.02 Å². The lowest BCUT2D eigenvalue weighted by Gasteiger charge is -2.56. The molecule has 3 saturated heterocycles. The lowest BCUT2D eigenvalue weighted by atomic mass is 9.72. The molecule has 0 aromatic heterocycles. The molecule has 0 radical (unpaired) electrons. The number of nitrogens with zero attached hydrogens (tertiary/aromatic N) is 4. The first-order valence-corrected chi connectivity index (χ1v) is 16.2. The fourth-order valence-electron chi connectivity index (χ4n) is 8.24. The molecule has 1 aromatic rings. The van der Waals surface area contributed by atoms with Crippen LogP contribution in [0.4, 0.5) is 5.69 Å². The SMILES string of the molecule is C=CC(O)N1CCN(C2NC(OCC3CCCN3C)NC3C[C@]4(CCC32)CN(C)c2c(Cl)cccc2O4)CC1CNC. The molecule has 5 aliphatic rings. The van der Waals surface area contributed by atoms with E-state index in [1.165, 1.54) is 12.8 Å². The zero-order valence-corrected chi connectivity index (χ0v) is 26.2. The van der Waals surface area contributed by atoms with Crippen LogP contribution in [0.25, 0.3) is 0 Å². The van der Waals surface area contributed by atoms with Gasteiger partial charge in [0.2, 0.25) is 0 Å². The van der Waals surface area contributed by atoms with E-state index in [9.17, 15) is 5.11 Å². The Morgan fingerprint density at radius 2 is 2.10 bits per heavy atom. The van der Waals surface area contributed by atoms with E-state index < -0.39 is 6.23 Å². The first kappa shape index (κ1) is 30.6. The number of likely N-dealkylation sites (tertiary alicyclic amines) is 1. The van der Waals surface area contributed by atoms with Crippen molar-refractivity contribution >= 4 is 17.3 Å². The second-order valence-corrected chi connectivity index (χ2v) is 13.5. The minimum absolute atomic E-state index is 0.172. The van der Waals surface area contributed by atoms with Gasteiger partial charge in [0.05, 0.1) is 30.0 Å². The number of nitrogens with one attached hydrogen (secondary N) is 3. The van der Waals surface area contributed by atoms with Gasteiger partial charge in [0.25, 0.3) is 0 Å². The molecular formula is C31H50ClN7O3. The summed E-state index contributed by atoms with van der Waals surface area (Å²) >= 11 is 6.57. The fourth-order valence-corrected chi connectivity index (χ4v) is 8.56. The molecular weight excluding hydrogens is 554 g/mol. The van der Waals surface area contributed by atoms with Crippen LogP contribution in [0.3, 0.4) is 0 Å². The van der Waals surface area contributed by atoms with Crippen LogP contribution in [0.15, 0.2) is 30.9 Å². The van der Waals surface area contributed by atoms with E-state index in [1.54, 1.807) is 6.08 Å². The summed E-state index contributed by atoms with van der Waals surface area (Å²) < 4.78 is 13.4. The number of anilines is 1. The quantitative estimate of drug-likeness (QED) is 0.329. The fraction of sp³-hybridized carbons (Fsp3) is 0.742. The minimum Gasteiger partial charge on any atom is -0.483 e. The molecule has 0 bridgehead atoms. The molecule has 4 heterocycles. The number of hydrogen-bond donors (Lipinski definition) is 4. The van der Waals surface area contributed by atoms with Crippen molar-refractivity contribution in [2.45, 2.75) is 74.6 Å². The van der Waals surface area contributed by atoms with Crippen molar-refractivity contribution in [2.75, 3.05) is 71.9 Å². The lowest BCUT2D eigenvalue weighted by molar-refractivity contribution is -0.129. The first-order valence-electron chi connectivity index (χ1n) is 15.8. The molecule has 6 rings (SSSR count). The molecule has 1 spiro atoms. The molecule has 7 unspecified atom stereocenters. The van der Waals surface area contributed by atoms with E-state index in [0.29, 0.717) is 18.6 Å². The van der Waals surface area contributed by atoms with E-state index in [0.717, 1.165) is 75.0 Å². The number of likely N-dealkylation sites (N-methyl/N-ethyl adjacent to an activating group) is 3. The molecule has 42 heavy (non-hydrogen) atoms. The average molecular weight is 604 g/mol. The predicted molar refractivity (Wildman–Crippen MR) is 167 cm³/mol. The molecule has 1 aromatic carbocycles. The number of para-hydroxylation sites is 1. The summed E-state index contributed by atoms with van der Waals surface area (Å²) in [5.74, 6) is 1.29. The number of fused-ring (bicyclic) bond motifs is 2. The Labute approximate surface area is 256 Å². The van der Waals surface area contributed by atoms with Crippen molar-refractivity contribution in [3.63, 3.8) is 0 Å². The summed E-state index contributed by atoms with van der Waals surface area (Å²) in [4.78, 5) is 9.44. The first-order chi connectivity index (χ1) is 20.3. The maximum absolute atomic E-state index is 10.6. The summed E-state index contributed by atoms with van der Waals surface area (Å²) in [6.45, 7) is 9.83. The normalized spacial score (nSPS) is 36.8. The highest BCUT2D eigenvalue weighted by atomic mass is 35.5. The monoisotopic (exact) mass is 603 g/mol. The van der Waals surface area contributed by atoms with E-state index in [4.69, 9.17) is 21.1 Å². The number of halogens is 1. The highest BCUT2D eigenvalue weighted by Gasteiger charge is 2.52. The number of aliphatic hydroxyl groups is 1. The van der Waals surface area contributed by atoms with Crippen molar-refractivity contribution in [3.8, 4) is 5.75 Å². The molecule has 4 aliphatic heterocycles. The van der Waals surface area contributed by atoms with Gasteiger partial charge in [-0.05, 0) is 64.5 Å². The van der Waals surface area contributed by atoms with Crippen molar-refractivity contribution in [1.82, 2.24) is 30.7 Å². The van der Waals surface area contributed by atoms with Crippen LogP contribution in [0.5, 0.6) is 5.75 Å². The molecule has 1 saturated carbocycles. The summed E-state index contributed by atoms with van der Waals surface area (Å²) in [6, 6.07) is 6.85. The average Bonchev–Trinajstić information content (AvgIpc) is 3.39. The van der Waals surface area contributed by atoms with E-state index in [2.05, 4.69) is 56.2 Å². The zero-order chi connectivity index (χ0) is 29.4. The van der Waals surface area contributed by atoms with Crippen LogP contribution in [0, 0.1) is 5.92 Å². The smallest absolute Gasteiger partial charge is 0.164 e. The molecule has 10 nitrogen and oxygen atoms in total. The summed E-state index contributed by atoms with van der Waals surface area (Å²) in [5, 5.41) is 22.5. The Bertz CT molecular complexity index is 1100. The number of piperazine rings is 1. The number of aliphatic hydroxyl groups excluding tert-OH is 1. The molecule has 11 heteroatoms. The lowest BCUT2D eigenvalue weighted by Crippen LogP contribution is -2.74. The topological polar surface area (TPSA) is 87.7 Å². The van der Waals surface area contributed by atoms with Gasteiger partial charge in [0.15, 0.2) is 6.35 Å². The van der Waals surface area contributed by atoms with Gasteiger partial charge in [-0.2, -0.15) is 0 Å². The van der Waals surface area contributed by atoms with Gasteiger partial charge in [-0.1, -0.05) is 24.2 Å². The van der Waals surface area contributed by atoms with Crippen LogP contribution in [-0.2, 0) is 4.74 Å². The van der Waals surface area contributed by atoms with Crippen LogP contribution in [-0.4, -0.2) is 129 Å². The number of ether oxygens (including phenoxy) is 2. The van der Waals surface area contributed by atoms with Gasteiger partial charge in [-0.3, -0.25) is 20.4 Å². The zero-order valence-electron chi connectivity index (χ0n) is 25.5. The summed E-state index contributed by atoms with van der Waals surface area (Å²) in [7, 11) is 6.31. The van der Waals surface area contributed by atoms with Gasteiger partial charge >= 0.3 is 0 Å². The van der Waals surface area contributed by atoms with E-state index in [1.807, 2.05) is 25.2 Å². The predicted octanol–water partition coefficient (Wildman–Crippen LogP) is 1.70. The standard InChI is InChI=1S/C31H50ClN7O3/c1-5-27(40)39-15-14-38(18-22(39)17-33-2)29-23-11-12-31(20-37(4)28-24(32)9-6-10-26(28)42-31)16-25(23)34-30(35-29)41-19-21-8-7-13-36(21)3/h5-6,9-10,21-23,25,27,29-30,33-35,40H,1,7-8,11-20H2,2-4H3/t21?,22?,23?,25?,27?,29?,30?,31-/m1/s1. The third-order valence-electron chi connectivity index (χ3n) is 10.4. The molecule has 8 atom stereocenters. The third kappa shape index (κ3) is 6.07. The van der Waals surface area contributed by atoms with E-state index >= 15 is 0 Å². The molecule has 4 fully saturated rings. The summed E-state index contributed by atoms with van der Waals surface area (Å²) in [5.41, 5.74) is 0.709. The second-order valence-electron chi connectivity index (χ2n) is 13.1. The molecule has 234 valence electrons.